The van der Waals surface area contributed by atoms with Gasteiger partial charge in [0.15, 0.2) is 0 Å². The second-order valence-electron chi connectivity index (χ2n) is 4.78. The molecule has 0 fully saturated rings. The smallest absolute Gasteiger partial charge is 0.145 e. The summed E-state index contributed by atoms with van der Waals surface area (Å²) in [7, 11) is 0. The molecule has 0 amide bonds. The SMILES string of the molecule is O=C(Cc1cc(Cl)ccc1Cl)C1CSc2ccccc21. The van der Waals surface area contributed by atoms with Gasteiger partial charge >= 0.3 is 0 Å². The van der Waals surface area contributed by atoms with Crippen LogP contribution in [0.2, 0.25) is 10.0 Å². The molecule has 102 valence electrons. The molecule has 0 aliphatic carbocycles. The summed E-state index contributed by atoms with van der Waals surface area (Å²) in [6, 6.07) is 13.3. The molecule has 4 heteroatoms. The predicted molar refractivity (Wildman–Crippen MR) is 85.1 cm³/mol. The fourth-order valence-electron chi connectivity index (χ4n) is 2.42. The van der Waals surface area contributed by atoms with Gasteiger partial charge in [-0.2, -0.15) is 0 Å². The highest BCUT2D eigenvalue weighted by Gasteiger charge is 2.28. The second-order valence-corrected chi connectivity index (χ2v) is 6.69. The minimum Gasteiger partial charge on any atom is -0.299 e. The average molecular weight is 323 g/mol. The molecule has 3 rings (SSSR count). The number of fused-ring (bicyclic) bond motifs is 1. The van der Waals surface area contributed by atoms with Crippen LogP contribution in [0.25, 0.3) is 0 Å². The van der Waals surface area contributed by atoms with Crippen molar-refractivity contribution < 1.29 is 4.79 Å². The third-order valence-corrected chi connectivity index (χ3v) is 5.25. The number of carbonyl (C=O) groups is 1. The number of thioether (sulfide) groups is 1. The molecule has 1 aliphatic rings. The molecule has 0 saturated carbocycles. The van der Waals surface area contributed by atoms with Crippen molar-refractivity contribution in [2.45, 2.75) is 17.2 Å². The zero-order valence-electron chi connectivity index (χ0n) is 10.6. The number of hydrogen-bond donors (Lipinski definition) is 0. The Morgan fingerprint density at radius 3 is 2.85 bits per heavy atom. The van der Waals surface area contributed by atoms with E-state index in [1.165, 1.54) is 4.90 Å². The maximum absolute atomic E-state index is 12.5. The third kappa shape index (κ3) is 2.73. The Morgan fingerprint density at radius 2 is 2.00 bits per heavy atom. The Bertz CT molecular complexity index is 669. The van der Waals surface area contributed by atoms with Gasteiger partial charge in [0.2, 0.25) is 0 Å². The zero-order chi connectivity index (χ0) is 14.1. The van der Waals surface area contributed by atoms with Crippen LogP contribution in [0, 0.1) is 0 Å². The summed E-state index contributed by atoms with van der Waals surface area (Å²) in [5, 5.41) is 1.21. The molecular formula is C16H12Cl2OS. The lowest BCUT2D eigenvalue weighted by atomic mass is 9.93. The number of benzene rings is 2. The van der Waals surface area contributed by atoms with Crippen molar-refractivity contribution in [1.82, 2.24) is 0 Å². The molecule has 0 N–H and O–H groups in total. The predicted octanol–water partition coefficient (Wildman–Crippen LogP) is 4.99. The monoisotopic (exact) mass is 322 g/mol. The van der Waals surface area contributed by atoms with Crippen molar-refractivity contribution in [3.8, 4) is 0 Å². The maximum Gasteiger partial charge on any atom is 0.145 e. The first-order chi connectivity index (χ1) is 9.65. The first kappa shape index (κ1) is 14.0. The van der Waals surface area contributed by atoms with Crippen LogP contribution >= 0.6 is 35.0 Å². The largest absolute Gasteiger partial charge is 0.299 e. The van der Waals surface area contributed by atoms with E-state index in [0.717, 1.165) is 16.9 Å². The van der Waals surface area contributed by atoms with Gasteiger partial charge in [0.25, 0.3) is 0 Å². The Kier molecular flexibility index (Phi) is 4.06. The summed E-state index contributed by atoms with van der Waals surface area (Å²) in [5.74, 6) is 0.981. The Balaban J connectivity index is 1.83. The van der Waals surface area contributed by atoms with E-state index < -0.39 is 0 Å². The second kappa shape index (κ2) is 5.80. The summed E-state index contributed by atoms with van der Waals surface area (Å²) in [5.41, 5.74) is 1.94. The molecule has 1 atom stereocenters. The van der Waals surface area contributed by atoms with E-state index in [-0.39, 0.29) is 11.7 Å². The summed E-state index contributed by atoms with van der Waals surface area (Å²) < 4.78 is 0. The maximum atomic E-state index is 12.5. The summed E-state index contributed by atoms with van der Waals surface area (Å²) >= 11 is 13.8. The van der Waals surface area contributed by atoms with Gasteiger partial charge in [0, 0.05) is 27.1 Å². The van der Waals surface area contributed by atoms with Crippen LogP contribution in [0.15, 0.2) is 47.4 Å². The summed E-state index contributed by atoms with van der Waals surface area (Å²) in [6.45, 7) is 0. The summed E-state index contributed by atoms with van der Waals surface area (Å²) in [4.78, 5) is 13.7. The summed E-state index contributed by atoms with van der Waals surface area (Å²) in [6.07, 6.45) is 0.332. The van der Waals surface area contributed by atoms with Crippen LogP contribution in [0.5, 0.6) is 0 Å². The Morgan fingerprint density at radius 1 is 1.20 bits per heavy atom. The van der Waals surface area contributed by atoms with E-state index in [1.807, 2.05) is 18.2 Å². The van der Waals surface area contributed by atoms with Crippen molar-refractivity contribution in [3.05, 3.63) is 63.6 Å². The standard InChI is InChI=1S/C16H12Cl2OS/c17-11-5-6-14(18)10(7-11)8-15(19)13-9-20-16-4-2-1-3-12(13)16/h1-7,13H,8-9H2. The topological polar surface area (TPSA) is 17.1 Å². The van der Waals surface area contributed by atoms with Crippen molar-refractivity contribution in [2.75, 3.05) is 5.75 Å². The van der Waals surface area contributed by atoms with E-state index in [2.05, 4.69) is 6.07 Å². The normalized spacial score (nSPS) is 17.0. The molecule has 1 heterocycles. The van der Waals surface area contributed by atoms with E-state index in [4.69, 9.17) is 23.2 Å². The lowest BCUT2D eigenvalue weighted by molar-refractivity contribution is -0.119. The fourth-order valence-corrected chi connectivity index (χ4v) is 4.06. The highest BCUT2D eigenvalue weighted by Crippen LogP contribution is 2.40. The molecule has 2 aromatic carbocycles. The Labute approximate surface area is 132 Å². The van der Waals surface area contributed by atoms with Gasteiger partial charge in [-0.25, -0.2) is 0 Å². The van der Waals surface area contributed by atoms with Crippen LogP contribution in [-0.2, 0) is 11.2 Å². The van der Waals surface area contributed by atoms with E-state index in [1.54, 1.807) is 30.0 Å². The van der Waals surface area contributed by atoms with E-state index in [9.17, 15) is 4.79 Å². The molecular weight excluding hydrogens is 311 g/mol. The van der Waals surface area contributed by atoms with Crippen molar-refractivity contribution in [1.29, 1.82) is 0 Å². The van der Waals surface area contributed by atoms with Crippen LogP contribution in [0.1, 0.15) is 17.0 Å². The van der Waals surface area contributed by atoms with Gasteiger partial charge in [0.05, 0.1) is 5.92 Å². The zero-order valence-corrected chi connectivity index (χ0v) is 12.9. The van der Waals surface area contributed by atoms with Crippen LogP contribution in [-0.4, -0.2) is 11.5 Å². The van der Waals surface area contributed by atoms with Crippen LogP contribution in [0.4, 0.5) is 0 Å². The molecule has 2 aromatic rings. The first-order valence-electron chi connectivity index (χ1n) is 6.33. The number of halogens is 2. The highest BCUT2D eigenvalue weighted by atomic mass is 35.5. The lowest BCUT2D eigenvalue weighted by Crippen LogP contribution is -2.15. The molecule has 1 unspecified atom stereocenters. The number of ketones is 1. The van der Waals surface area contributed by atoms with Crippen LogP contribution < -0.4 is 0 Å². The van der Waals surface area contributed by atoms with Gasteiger partial charge in [-0.05, 0) is 35.4 Å². The van der Waals surface area contributed by atoms with Gasteiger partial charge < -0.3 is 0 Å². The highest BCUT2D eigenvalue weighted by molar-refractivity contribution is 7.99. The number of carbonyl (C=O) groups excluding carboxylic acids is 1. The molecule has 0 spiro atoms. The first-order valence-corrected chi connectivity index (χ1v) is 8.07. The van der Waals surface area contributed by atoms with E-state index >= 15 is 0 Å². The molecule has 20 heavy (non-hydrogen) atoms. The molecule has 0 aromatic heterocycles. The Hall–Kier alpha value is -0.960. The lowest BCUT2D eigenvalue weighted by Gasteiger charge is -2.11. The van der Waals surface area contributed by atoms with Crippen molar-refractivity contribution in [2.24, 2.45) is 0 Å². The third-order valence-electron chi connectivity index (χ3n) is 3.46. The molecule has 1 nitrogen and oxygen atoms in total. The fraction of sp³-hybridized carbons (Fsp3) is 0.188. The number of hydrogen-bond acceptors (Lipinski definition) is 2. The van der Waals surface area contributed by atoms with Crippen molar-refractivity contribution >= 4 is 40.7 Å². The average Bonchev–Trinajstić information content (AvgIpc) is 2.87. The van der Waals surface area contributed by atoms with Gasteiger partial charge in [-0.1, -0.05) is 41.4 Å². The number of rotatable bonds is 3. The molecule has 0 saturated heterocycles. The molecule has 1 aliphatic heterocycles. The number of Topliss-reactive ketones (excluding diaryl/α,β-unsaturated/α-hetero) is 1. The van der Waals surface area contributed by atoms with Crippen LogP contribution in [0.3, 0.4) is 0 Å². The van der Waals surface area contributed by atoms with Gasteiger partial charge in [-0.3, -0.25) is 4.79 Å². The molecule has 0 radical (unpaired) electrons. The van der Waals surface area contributed by atoms with Crippen molar-refractivity contribution in [3.63, 3.8) is 0 Å². The van der Waals surface area contributed by atoms with Gasteiger partial charge in [0.1, 0.15) is 5.78 Å². The molecule has 0 bridgehead atoms. The minimum atomic E-state index is -0.0359. The van der Waals surface area contributed by atoms with Gasteiger partial charge in [-0.15, -0.1) is 11.8 Å². The minimum absolute atomic E-state index is 0.0359. The quantitative estimate of drug-likeness (QED) is 0.791. The van der Waals surface area contributed by atoms with E-state index in [0.29, 0.717) is 16.5 Å².